The van der Waals surface area contributed by atoms with Gasteiger partial charge in [0.15, 0.2) is 0 Å². The number of nitrogens with zero attached hydrogens (tertiary/aromatic N) is 1. The molecule has 0 unspecified atom stereocenters. The number of aryl methyl sites for hydroxylation is 2. The predicted octanol–water partition coefficient (Wildman–Crippen LogP) is 6.92. The third-order valence-corrected chi connectivity index (χ3v) is 6.33. The van der Waals surface area contributed by atoms with Gasteiger partial charge in [0, 0.05) is 28.7 Å². The highest BCUT2D eigenvalue weighted by atomic mass is 15.2. The maximum absolute atomic E-state index is 2.66. The molecule has 3 aromatic carbocycles. The highest BCUT2D eigenvalue weighted by Gasteiger charge is 2.47. The molecule has 0 N–H and O–H groups in total. The van der Waals surface area contributed by atoms with Crippen LogP contribution in [-0.4, -0.2) is 12.1 Å². The molecule has 1 nitrogen and oxygen atoms in total. The number of hydrogen-bond acceptors (Lipinski definition) is 1. The average molecular weight is 370 g/mol. The molecule has 0 amide bonds. The van der Waals surface area contributed by atoms with Crippen molar-refractivity contribution in [3.8, 4) is 11.1 Å². The van der Waals surface area contributed by atoms with E-state index in [0.717, 1.165) is 13.0 Å². The molecular weight excluding hydrogens is 338 g/mol. The molecule has 28 heavy (non-hydrogen) atoms. The minimum absolute atomic E-state index is 0.0914. The largest absolute Gasteiger partial charge is 0.365 e. The molecule has 4 rings (SSSR count). The standard InChI is InChI=1S/C27H31N/c1-20-16-21(2)25(24(17-20)22-12-8-6-9-13-22)28-19-27(5,18-26(28,3)4)23-14-10-7-11-15-23/h6-17H,18-19H2,1-5H3/t27-/m1/s1. The van der Waals surface area contributed by atoms with E-state index in [4.69, 9.17) is 0 Å². The van der Waals surface area contributed by atoms with Gasteiger partial charge < -0.3 is 4.90 Å². The second-order valence-corrected chi connectivity index (χ2v) is 9.35. The van der Waals surface area contributed by atoms with E-state index in [-0.39, 0.29) is 11.0 Å². The van der Waals surface area contributed by atoms with E-state index in [9.17, 15) is 0 Å². The van der Waals surface area contributed by atoms with Crippen LogP contribution in [0, 0.1) is 13.8 Å². The minimum Gasteiger partial charge on any atom is -0.365 e. The maximum Gasteiger partial charge on any atom is 0.0480 e. The fourth-order valence-corrected chi connectivity index (χ4v) is 5.24. The van der Waals surface area contributed by atoms with E-state index in [2.05, 4.69) is 112 Å². The molecule has 144 valence electrons. The van der Waals surface area contributed by atoms with Crippen molar-refractivity contribution in [1.82, 2.24) is 0 Å². The van der Waals surface area contributed by atoms with Gasteiger partial charge in [-0.1, -0.05) is 79.2 Å². The summed E-state index contributed by atoms with van der Waals surface area (Å²) in [6, 6.07) is 26.6. The summed E-state index contributed by atoms with van der Waals surface area (Å²) in [5.74, 6) is 0. The van der Waals surface area contributed by atoms with Crippen LogP contribution in [0.2, 0.25) is 0 Å². The fourth-order valence-electron chi connectivity index (χ4n) is 5.24. The van der Waals surface area contributed by atoms with Gasteiger partial charge in [-0.3, -0.25) is 0 Å². The monoisotopic (exact) mass is 369 g/mol. The molecule has 1 heterocycles. The lowest BCUT2D eigenvalue weighted by Crippen LogP contribution is -2.39. The van der Waals surface area contributed by atoms with E-state index in [0.29, 0.717) is 0 Å². The first-order chi connectivity index (χ1) is 13.3. The Hall–Kier alpha value is -2.54. The zero-order chi connectivity index (χ0) is 19.9. The van der Waals surface area contributed by atoms with Gasteiger partial charge in [0.05, 0.1) is 0 Å². The summed E-state index contributed by atoms with van der Waals surface area (Å²) in [6.45, 7) is 12.7. The van der Waals surface area contributed by atoms with Crippen LogP contribution in [0.25, 0.3) is 11.1 Å². The van der Waals surface area contributed by atoms with Crippen LogP contribution < -0.4 is 4.90 Å². The summed E-state index contributed by atoms with van der Waals surface area (Å²) >= 11 is 0. The van der Waals surface area contributed by atoms with Crippen LogP contribution in [0.3, 0.4) is 0 Å². The normalized spacial score (nSPS) is 21.1. The Labute approximate surface area is 170 Å². The molecule has 1 aliphatic rings. The van der Waals surface area contributed by atoms with Gasteiger partial charge in [-0.25, -0.2) is 0 Å². The summed E-state index contributed by atoms with van der Waals surface area (Å²) in [6.07, 6.45) is 1.14. The van der Waals surface area contributed by atoms with Crippen molar-refractivity contribution in [2.24, 2.45) is 0 Å². The van der Waals surface area contributed by atoms with Crippen LogP contribution in [0.1, 0.15) is 43.9 Å². The lowest BCUT2D eigenvalue weighted by atomic mass is 9.78. The summed E-state index contributed by atoms with van der Waals surface area (Å²) < 4.78 is 0. The van der Waals surface area contributed by atoms with Gasteiger partial charge >= 0.3 is 0 Å². The smallest absolute Gasteiger partial charge is 0.0480 e. The Morgan fingerprint density at radius 1 is 0.786 bits per heavy atom. The Balaban J connectivity index is 1.85. The predicted molar refractivity (Wildman–Crippen MR) is 121 cm³/mol. The van der Waals surface area contributed by atoms with Crippen LogP contribution in [0.5, 0.6) is 0 Å². The van der Waals surface area contributed by atoms with Gasteiger partial charge in [-0.05, 0) is 56.9 Å². The molecule has 1 fully saturated rings. The SMILES string of the molecule is Cc1cc(C)c(N2C[C@](C)(c3ccccc3)CC2(C)C)c(-c2ccccc2)c1. The van der Waals surface area contributed by atoms with Crippen molar-refractivity contribution in [2.75, 3.05) is 11.4 Å². The lowest BCUT2D eigenvalue weighted by molar-refractivity contribution is 0.445. The first-order valence-corrected chi connectivity index (χ1v) is 10.3. The molecule has 1 aliphatic heterocycles. The summed E-state index contributed by atoms with van der Waals surface area (Å²) in [5.41, 5.74) is 8.41. The zero-order valence-electron chi connectivity index (χ0n) is 17.8. The van der Waals surface area contributed by atoms with E-state index in [1.165, 1.54) is 33.5 Å². The van der Waals surface area contributed by atoms with Crippen molar-refractivity contribution < 1.29 is 0 Å². The quantitative estimate of drug-likeness (QED) is 0.484. The van der Waals surface area contributed by atoms with Crippen molar-refractivity contribution in [2.45, 2.75) is 52.0 Å². The lowest BCUT2D eigenvalue weighted by Gasteiger charge is -2.36. The molecule has 1 heteroatoms. The number of hydrogen-bond donors (Lipinski definition) is 0. The first-order valence-electron chi connectivity index (χ1n) is 10.3. The van der Waals surface area contributed by atoms with Crippen LogP contribution in [0.15, 0.2) is 72.8 Å². The average Bonchev–Trinajstić information content (AvgIpc) is 2.92. The van der Waals surface area contributed by atoms with Crippen LogP contribution in [-0.2, 0) is 5.41 Å². The molecule has 1 saturated heterocycles. The molecule has 1 atom stereocenters. The highest BCUT2D eigenvalue weighted by Crippen LogP contribution is 2.49. The van der Waals surface area contributed by atoms with E-state index >= 15 is 0 Å². The van der Waals surface area contributed by atoms with E-state index in [1.807, 2.05) is 0 Å². The zero-order valence-corrected chi connectivity index (χ0v) is 17.8. The van der Waals surface area contributed by atoms with E-state index in [1.54, 1.807) is 0 Å². The van der Waals surface area contributed by atoms with Crippen LogP contribution in [0.4, 0.5) is 5.69 Å². The number of benzene rings is 3. The minimum atomic E-state index is 0.0914. The second-order valence-electron chi connectivity index (χ2n) is 9.35. The molecule has 0 aromatic heterocycles. The second kappa shape index (κ2) is 6.81. The summed E-state index contributed by atoms with van der Waals surface area (Å²) in [4.78, 5) is 2.66. The molecule has 0 spiro atoms. The van der Waals surface area contributed by atoms with E-state index < -0.39 is 0 Å². The number of rotatable bonds is 3. The van der Waals surface area contributed by atoms with Crippen molar-refractivity contribution in [3.63, 3.8) is 0 Å². The first kappa shape index (κ1) is 18.8. The van der Waals surface area contributed by atoms with Gasteiger partial charge in [-0.2, -0.15) is 0 Å². The molecule has 0 bridgehead atoms. The molecule has 0 aliphatic carbocycles. The maximum atomic E-state index is 2.66. The van der Waals surface area contributed by atoms with Crippen molar-refractivity contribution >= 4 is 5.69 Å². The fraction of sp³-hybridized carbons (Fsp3) is 0.333. The third-order valence-electron chi connectivity index (χ3n) is 6.33. The summed E-state index contributed by atoms with van der Waals surface area (Å²) in [5, 5.41) is 0. The molecule has 3 aromatic rings. The summed E-state index contributed by atoms with van der Waals surface area (Å²) in [7, 11) is 0. The Bertz CT molecular complexity index is 972. The highest BCUT2D eigenvalue weighted by molar-refractivity contribution is 5.82. The third kappa shape index (κ3) is 3.24. The van der Waals surface area contributed by atoms with Crippen molar-refractivity contribution in [1.29, 1.82) is 0 Å². The van der Waals surface area contributed by atoms with Gasteiger partial charge in [0.1, 0.15) is 0 Å². The van der Waals surface area contributed by atoms with Gasteiger partial charge in [0.25, 0.3) is 0 Å². The van der Waals surface area contributed by atoms with Crippen molar-refractivity contribution in [3.05, 3.63) is 89.5 Å². The molecule has 0 radical (unpaired) electrons. The van der Waals surface area contributed by atoms with Crippen LogP contribution >= 0.6 is 0 Å². The van der Waals surface area contributed by atoms with Gasteiger partial charge in [0.2, 0.25) is 0 Å². The molecule has 0 saturated carbocycles. The molecular formula is C27H31N. The van der Waals surface area contributed by atoms with Gasteiger partial charge in [-0.15, -0.1) is 0 Å². The topological polar surface area (TPSA) is 3.24 Å². The Kier molecular flexibility index (Phi) is 4.57. The number of anilines is 1. The Morgan fingerprint density at radius 2 is 1.39 bits per heavy atom. The Morgan fingerprint density at radius 3 is 2.04 bits per heavy atom.